The first kappa shape index (κ1) is 11.0. The zero-order chi connectivity index (χ0) is 11.0. The molecule has 0 aromatic rings. The van der Waals surface area contributed by atoms with Gasteiger partial charge < -0.3 is 5.32 Å². The Balaban J connectivity index is 1.64. The molecule has 4 unspecified atom stereocenters. The van der Waals surface area contributed by atoms with Crippen LogP contribution in [0.5, 0.6) is 0 Å². The molecule has 2 nitrogen and oxygen atoms in total. The Labute approximate surface area is 99.8 Å². The summed E-state index contributed by atoms with van der Waals surface area (Å²) in [6, 6.07) is 1.62. The van der Waals surface area contributed by atoms with E-state index in [4.69, 9.17) is 0 Å². The Morgan fingerprint density at radius 3 is 2.25 bits per heavy atom. The third kappa shape index (κ3) is 1.91. The maximum atomic E-state index is 3.55. The van der Waals surface area contributed by atoms with E-state index >= 15 is 0 Å². The van der Waals surface area contributed by atoms with E-state index < -0.39 is 0 Å². The van der Waals surface area contributed by atoms with Crippen LogP contribution in [0.2, 0.25) is 0 Å². The number of likely N-dealkylation sites (N-methyl/N-ethyl adjacent to an activating group) is 1. The summed E-state index contributed by atoms with van der Waals surface area (Å²) in [5, 5.41) is 3.55. The fourth-order valence-corrected chi connectivity index (χ4v) is 4.43. The Kier molecular flexibility index (Phi) is 3.21. The zero-order valence-electron chi connectivity index (χ0n) is 10.6. The van der Waals surface area contributed by atoms with Gasteiger partial charge in [-0.25, -0.2) is 0 Å². The van der Waals surface area contributed by atoms with Crippen molar-refractivity contribution in [3.8, 4) is 0 Å². The molecule has 2 heteroatoms. The summed E-state index contributed by atoms with van der Waals surface area (Å²) < 4.78 is 0. The number of hydrogen-bond acceptors (Lipinski definition) is 2. The Morgan fingerprint density at radius 2 is 1.56 bits per heavy atom. The third-order valence-corrected chi connectivity index (χ3v) is 5.32. The quantitative estimate of drug-likeness (QED) is 0.771. The van der Waals surface area contributed by atoms with Crippen molar-refractivity contribution >= 4 is 0 Å². The molecule has 3 aliphatic rings. The van der Waals surface area contributed by atoms with Gasteiger partial charge >= 0.3 is 0 Å². The van der Waals surface area contributed by atoms with Gasteiger partial charge in [-0.3, -0.25) is 4.90 Å². The lowest BCUT2D eigenvalue weighted by Gasteiger charge is -2.38. The summed E-state index contributed by atoms with van der Waals surface area (Å²) in [6.45, 7) is 2.82. The van der Waals surface area contributed by atoms with Crippen molar-refractivity contribution in [1.29, 1.82) is 0 Å². The number of fused-ring (bicyclic) bond motifs is 1. The lowest BCUT2D eigenvalue weighted by Crippen LogP contribution is -2.50. The fraction of sp³-hybridized carbons (Fsp3) is 1.00. The second-order valence-electron chi connectivity index (χ2n) is 6.15. The van der Waals surface area contributed by atoms with Gasteiger partial charge in [-0.15, -0.1) is 0 Å². The largest absolute Gasteiger partial charge is 0.315 e. The molecule has 0 aromatic carbocycles. The molecule has 2 aliphatic carbocycles. The van der Waals surface area contributed by atoms with E-state index in [1.54, 1.807) is 0 Å². The van der Waals surface area contributed by atoms with Gasteiger partial charge in [-0.1, -0.05) is 19.3 Å². The highest BCUT2D eigenvalue weighted by molar-refractivity contribution is 4.95. The Morgan fingerprint density at radius 1 is 0.875 bits per heavy atom. The average molecular weight is 222 g/mol. The number of nitrogens with one attached hydrogen (secondary N) is 1. The minimum absolute atomic E-state index is 0.771. The van der Waals surface area contributed by atoms with Crippen molar-refractivity contribution < 1.29 is 0 Å². The monoisotopic (exact) mass is 222 g/mol. The van der Waals surface area contributed by atoms with E-state index in [1.165, 1.54) is 58.0 Å². The van der Waals surface area contributed by atoms with Gasteiger partial charge in [-0.05, 0) is 44.6 Å². The predicted molar refractivity (Wildman–Crippen MR) is 67.5 cm³/mol. The molecule has 1 aliphatic heterocycles. The highest BCUT2D eigenvalue weighted by Crippen LogP contribution is 2.40. The van der Waals surface area contributed by atoms with E-state index in [0.29, 0.717) is 0 Å². The van der Waals surface area contributed by atoms with Crippen molar-refractivity contribution in [3.63, 3.8) is 0 Å². The summed E-state index contributed by atoms with van der Waals surface area (Å²) in [4.78, 5) is 2.83. The minimum Gasteiger partial charge on any atom is -0.315 e. The van der Waals surface area contributed by atoms with Crippen LogP contribution in [-0.2, 0) is 0 Å². The molecule has 0 bridgehead atoms. The van der Waals surface area contributed by atoms with Crippen molar-refractivity contribution in [2.75, 3.05) is 20.1 Å². The van der Waals surface area contributed by atoms with Crippen LogP contribution < -0.4 is 5.32 Å². The van der Waals surface area contributed by atoms with Gasteiger partial charge in [0.1, 0.15) is 0 Å². The number of hydrogen-bond donors (Lipinski definition) is 1. The molecule has 4 atom stereocenters. The van der Waals surface area contributed by atoms with Crippen molar-refractivity contribution in [2.45, 2.75) is 57.0 Å². The molecule has 3 fully saturated rings. The van der Waals surface area contributed by atoms with Gasteiger partial charge in [0.2, 0.25) is 0 Å². The van der Waals surface area contributed by atoms with Gasteiger partial charge in [-0.2, -0.15) is 0 Å². The highest BCUT2D eigenvalue weighted by atomic mass is 15.2. The molecular weight excluding hydrogens is 196 g/mol. The number of rotatable bonds is 2. The van der Waals surface area contributed by atoms with Crippen LogP contribution in [0.1, 0.15) is 44.9 Å². The van der Waals surface area contributed by atoms with Crippen molar-refractivity contribution in [2.24, 2.45) is 11.8 Å². The molecule has 1 heterocycles. The molecular formula is C14H26N2. The van der Waals surface area contributed by atoms with Gasteiger partial charge in [0, 0.05) is 25.2 Å². The van der Waals surface area contributed by atoms with Crippen molar-refractivity contribution in [1.82, 2.24) is 10.2 Å². The smallest absolute Gasteiger partial charge is 0.0249 e. The van der Waals surface area contributed by atoms with Crippen LogP contribution in [0.25, 0.3) is 0 Å². The molecule has 1 saturated heterocycles. The first-order valence-electron chi connectivity index (χ1n) is 7.30. The summed E-state index contributed by atoms with van der Waals surface area (Å²) in [7, 11) is 2.15. The zero-order valence-corrected chi connectivity index (χ0v) is 10.6. The number of nitrogens with zero attached hydrogens (tertiary/aromatic N) is 1. The van der Waals surface area contributed by atoms with E-state index in [0.717, 1.165) is 23.9 Å². The first-order chi connectivity index (χ1) is 7.88. The lowest BCUT2D eigenvalue weighted by atomic mass is 9.89. The summed E-state index contributed by atoms with van der Waals surface area (Å²) >= 11 is 0. The van der Waals surface area contributed by atoms with Crippen LogP contribution in [0.4, 0.5) is 0 Å². The molecule has 2 saturated carbocycles. The first-order valence-corrected chi connectivity index (χ1v) is 7.30. The van der Waals surface area contributed by atoms with Crippen LogP contribution in [-0.4, -0.2) is 37.1 Å². The summed E-state index contributed by atoms with van der Waals surface area (Å²) in [6.07, 6.45) is 10.2. The predicted octanol–water partition coefficient (Wildman–Crippen LogP) is 2.25. The third-order valence-electron chi connectivity index (χ3n) is 5.32. The van der Waals surface area contributed by atoms with Gasteiger partial charge in [0.15, 0.2) is 0 Å². The standard InChI is InChI=1S/C14H26N2/c1-15-13-7-2-3-8-14(13)16-9-11-5-4-6-12(11)10-16/h11-15H,2-10H2,1H3. The van der Waals surface area contributed by atoms with Crippen LogP contribution in [0.3, 0.4) is 0 Å². The summed E-state index contributed by atoms with van der Waals surface area (Å²) in [5.74, 6) is 2.11. The van der Waals surface area contributed by atoms with Gasteiger partial charge in [0.05, 0.1) is 0 Å². The maximum Gasteiger partial charge on any atom is 0.0249 e. The van der Waals surface area contributed by atoms with Crippen LogP contribution in [0, 0.1) is 11.8 Å². The molecule has 0 radical (unpaired) electrons. The molecule has 1 N–H and O–H groups in total. The molecule has 0 aromatic heterocycles. The molecule has 3 rings (SSSR count). The second kappa shape index (κ2) is 4.66. The van der Waals surface area contributed by atoms with Gasteiger partial charge in [0.25, 0.3) is 0 Å². The molecule has 0 amide bonds. The fourth-order valence-electron chi connectivity index (χ4n) is 4.43. The highest BCUT2D eigenvalue weighted by Gasteiger charge is 2.40. The second-order valence-corrected chi connectivity index (χ2v) is 6.15. The SMILES string of the molecule is CNC1CCCCC1N1CC2CCCC2C1. The van der Waals surface area contributed by atoms with E-state index in [9.17, 15) is 0 Å². The van der Waals surface area contributed by atoms with E-state index in [1.807, 2.05) is 0 Å². The van der Waals surface area contributed by atoms with E-state index in [2.05, 4.69) is 17.3 Å². The molecule has 0 spiro atoms. The molecule has 92 valence electrons. The number of likely N-dealkylation sites (tertiary alicyclic amines) is 1. The summed E-state index contributed by atoms with van der Waals surface area (Å²) in [5.41, 5.74) is 0. The van der Waals surface area contributed by atoms with Crippen LogP contribution >= 0.6 is 0 Å². The lowest BCUT2D eigenvalue weighted by molar-refractivity contribution is 0.143. The molecule has 16 heavy (non-hydrogen) atoms. The van der Waals surface area contributed by atoms with Crippen molar-refractivity contribution in [3.05, 3.63) is 0 Å². The average Bonchev–Trinajstić information content (AvgIpc) is 2.89. The maximum absolute atomic E-state index is 3.55. The van der Waals surface area contributed by atoms with E-state index in [-0.39, 0.29) is 0 Å². The minimum atomic E-state index is 0.771. The normalized spacial score (nSPS) is 44.8. The Hall–Kier alpha value is -0.0800. The Bertz CT molecular complexity index is 229. The van der Waals surface area contributed by atoms with Crippen LogP contribution in [0.15, 0.2) is 0 Å². The topological polar surface area (TPSA) is 15.3 Å².